The van der Waals surface area contributed by atoms with Crippen molar-refractivity contribution in [3.05, 3.63) is 45.3 Å². The quantitative estimate of drug-likeness (QED) is 0.771. The van der Waals surface area contributed by atoms with E-state index in [1.54, 1.807) is 0 Å². The largest absolute Gasteiger partial charge is 0.423 e. The van der Waals surface area contributed by atoms with E-state index in [1.807, 2.05) is 32.9 Å². The van der Waals surface area contributed by atoms with Gasteiger partial charge in [-0.1, -0.05) is 13.3 Å². The molecule has 0 unspecified atom stereocenters. The Hall–Kier alpha value is -1.75. The second kappa shape index (κ2) is 8.38. The third-order valence-electron chi connectivity index (χ3n) is 4.06. The van der Waals surface area contributed by atoms with Gasteiger partial charge in [0.25, 0.3) is 0 Å². The van der Waals surface area contributed by atoms with Gasteiger partial charge in [0.1, 0.15) is 5.58 Å². The molecule has 0 bridgehead atoms. The predicted molar refractivity (Wildman–Crippen MR) is 101 cm³/mol. The van der Waals surface area contributed by atoms with E-state index in [9.17, 15) is 9.59 Å². The van der Waals surface area contributed by atoms with E-state index in [4.69, 9.17) is 4.42 Å². The second-order valence-corrected chi connectivity index (χ2v) is 7.26. The van der Waals surface area contributed by atoms with Crippen LogP contribution in [-0.4, -0.2) is 17.7 Å². The minimum Gasteiger partial charge on any atom is -0.423 e. The molecule has 1 aromatic carbocycles. The van der Waals surface area contributed by atoms with Crippen LogP contribution >= 0.6 is 11.8 Å². The zero-order valence-electron chi connectivity index (χ0n) is 14.8. The summed E-state index contributed by atoms with van der Waals surface area (Å²) in [5, 5.41) is 3.94. The number of hydrogen-bond donors (Lipinski definition) is 1. The third kappa shape index (κ3) is 4.87. The zero-order valence-corrected chi connectivity index (χ0v) is 15.6. The fraction of sp³-hybridized carbons (Fsp3) is 0.474. The van der Waals surface area contributed by atoms with Crippen LogP contribution in [0.5, 0.6) is 0 Å². The molecule has 1 aromatic heterocycles. The first-order chi connectivity index (χ1) is 11.4. The van der Waals surface area contributed by atoms with E-state index in [2.05, 4.69) is 12.2 Å². The van der Waals surface area contributed by atoms with Crippen molar-refractivity contribution in [2.75, 3.05) is 5.75 Å². The Morgan fingerprint density at radius 1 is 1.25 bits per heavy atom. The molecule has 0 aliphatic rings. The van der Waals surface area contributed by atoms with Crippen LogP contribution in [0.2, 0.25) is 0 Å². The van der Waals surface area contributed by atoms with Crippen molar-refractivity contribution < 1.29 is 9.21 Å². The van der Waals surface area contributed by atoms with Crippen molar-refractivity contribution in [2.24, 2.45) is 0 Å². The van der Waals surface area contributed by atoms with Crippen LogP contribution in [-0.2, 0) is 10.5 Å². The van der Waals surface area contributed by atoms with Crippen LogP contribution < -0.4 is 10.9 Å². The molecule has 0 aliphatic heterocycles. The number of fused-ring (bicyclic) bond motifs is 1. The first-order valence-electron chi connectivity index (χ1n) is 8.31. The number of thioether (sulfide) groups is 1. The Labute approximate surface area is 147 Å². The fourth-order valence-electron chi connectivity index (χ4n) is 2.68. The molecule has 5 heteroatoms. The summed E-state index contributed by atoms with van der Waals surface area (Å²) in [6.07, 6.45) is 2.04. The maximum absolute atomic E-state index is 11.9. The van der Waals surface area contributed by atoms with Gasteiger partial charge in [-0.25, -0.2) is 4.79 Å². The zero-order chi connectivity index (χ0) is 17.7. The van der Waals surface area contributed by atoms with Gasteiger partial charge in [0.2, 0.25) is 5.91 Å². The molecule has 0 saturated carbocycles. The van der Waals surface area contributed by atoms with E-state index >= 15 is 0 Å². The second-order valence-electron chi connectivity index (χ2n) is 6.27. The summed E-state index contributed by atoms with van der Waals surface area (Å²) in [6, 6.07) is 5.69. The number of hydrogen-bond acceptors (Lipinski definition) is 4. The van der Waals surface area contributed by atoms with Crippen molar-refractivity contribution in [1.82, 2.24) is 5.32 Å². The number of carbonyl (C=O) groups is 1. The highest BCUT2D eigenvalue weighted by atomic mass is 32.2. The Morgan fingerprint density at radius 3 is 2.67 bits per heavy atom. The SMILES string of the molecule is CCC[C@H](C)NC(=O)CSCc1cc(=O)oc2cc(C)c(C)cc12. The average molecular weight is 347 g/mol. The van der Waals surface area contributed by atoms with Crippen molar-refractivity contribution in [2.45, 2.75) is 52.3 Å². The van der Waals surface area contributed by atoms with Gasteiger partial charge in [-0.05, 0) is 56.0 Å². The van der Waals surface area contributed by atoms with Crippen LogP contribution in [0.4, 0.5) is 0 Å². The highest BCUT2D eigenvalue weighted by Gasteiger charge is 2.10. The first kappa shape index (κ1) is 18.6. The summed E-state index contributed by atoms with van der Waals surface area (Å²) in [4.78, 5) is 23.7. The van der Waals surface area contributed by atoms with Gasteiger partial charge in [0.15, 0.2) is 0 Å². The summed E-state index contributed by atoms with van der Waals surface area (Å²) in [6.45, 7) is 8.16. The van der Waals surface area contributed by atoms with Gasteiger partial charge in [-0.2, -0.15) is 0 Å². The third-order valence-corrected chi connectivity index (χ3v) is 5.05. The Morgan fingerprint density at radius 2 is 1.96 bits per heavy atom. The molecule has 1 atom stereocenters. The molecule has 0 radical (unpaired) electrons. The molecular weight excluding hydrogens is 322 g/mol. The van der Waals surface area contributed by atoms with Crippen molar-refractivity contribution in [3.8, 4) is 0 Å². The van der Waals surface area contributed by atoms with Gasteiger partial charge < -0.3 is 9.73 Å². The van der Waals surface area contributed by atoms with Crippen LogP contribution in [0, 0.1) is 13.8 Å². The minimum absolute atomic E-state index is 0.0419. The topological polar surface area (TPSA) is 59.3 Å². The Bertz CT molecular complexity index is 782. The smallest absolute Gasteiger partial charge is 0.336 e. The van der Waals surface area contributed by atoms with Gasteiger partial charge in [0.05, 0.1) is 5.75 Å². The Balaban J connectivity index is 2.06. The number of benzene rings is 1. The molecule has 2 rings (SSSR count). The molecule has 1 amide bonds. The monoisotopic (exact) mass is 347 g/mol. The molecule has 4 nitrogen and oxygen atoms in total. The van der Waals surface area contributed by atoms with E-state index in [0.29, 0.717) is 17.1 Å². The number of carbonyl (C=O) groups excluding carboxylic acids is 1. The number of nitrogens with one attached hydrogen (secondary N) is 1. The van der Waals surface area contributed by atoms with E-state index in [1.165, 1.54) is 17.8 Å². The molecule has 0 aliphatic carbocycles. The lowest BCUT2D eigenvalue weighted by molar-refractivity contribution is -0.119. The molecule has 0 saturated heterocycles. The van der Waals surface area contributed by atoms with E-state index < -0.39 is 0 Å². The molecule has 2 aromatic rings. The van der Waals surface area contributed by atoms with Crippen molar-refractivity contribution >= 4 is 28.6 Å². The lowest BCUT2D eigenvalue weighted by Crippen LogP contribution is -2.33. The van der Waals surface area contributed by atoms with E-state index in [0.717, 1.165) is 34.9 Å². The Kier molecular flexibility index (Phi) is 6.49. The molecule has 130 valence electrons. The van der Waals surface area contributed by atoms with Gasteiger partial charge in [0, 0.05) is 23.2 Å². The molecule has 24 heavy (non-hydrogen) atoms. The predicted octanol–water partition coefficient (Wildman–Crippen LogP) is 3.95. The van der Waals surface area contributed by atoms with Gasteiger partial charge in [-0.15, -0.1) is 11.8 Å². The molecule has 0 spiro atoms. The maximum atomic E-state index is 11.9. The minimum atomic E-state index is -0.345. The number of amides is 1. The fourth-order valence-corrected chi connectivity index (χ4v) is 3.51. The standard InChI is InChI=1S/C19H25NO3S/c1-5-6-14(4)20-18(21)11-24-10-15-9-19(22)23-17-8-13(3)12(2)7-16(15)17/h7-9,14H,5-6,10-11H2,1-4H3,(H,20,21)/t14-/m0/s1. The van der Waals surface area contributed by atoms with Gasteiger partial charge >= 0.3 is 5.63 Å². The average Bonchev–Trinajstić information content (AvgIpc) is 2.49. The first-order valence-corrected chi connectivity index (χ1v) is 9.47. The van der Waals surface area contributed by atoms with Crippen LogP contribution in [0.3, 0.4) is 0 Å². The summed E-state index contributed by atoms with van der Waals surface area (Å²) in [5.41, 5.74) is 3.45. The number of rotatable bonds is 7. The summed E-state index contributed by atoms with van der Waals surface area (Å²) in [5.74, 6) is 1.04. The van der Waals surface area contributed by atoms with Crippen LogP contribution in [0.15, 0.2) is 27.4 Å². The highest BCUT2D eigenvalue weighted by Crippen LogP contribution is 2.24. The molecule has 0 fully saturated rings. The van der Waals surface area contributed by atoms with E-state index in [-0.39, 0.29) is 17.6 Å². The van der Waals surface area contributed by atoms with Crippen LogP contribution in [0.25, 0.3) is 11.0 Å². The maximum Gasteiger partial charge on any atom is 0.336 e. The molecule has 1 heterocycles. The lowest BCUT2D eigenvalue weighted by atomic mass is 10.0. The van der Waals surface area contributed by atoms with Crippen molar-refractivity contribution in [1.29, 1.82) is 0 Å². The molecular formula is C19H25NO3S. The normalized spacial score (nSPS) is 12.3. The highest BCUT2D eigenvalue weighted by molar-refractivity contribution is 7.99. The van der Waals surface area contributed by atoms with Crippen molar-refractivity contribution in [3.63, 3.8) is 0 Å². The summed E-state index contributed by atoms with van der Waals surface area (Å²) >= 11 is 1.52. The summed E-state index contributed by atoms with van der Waals surface area (Å²) < 4.78 is 5.30. The molecule has 1 N–H and O–H groups in total. The van der Waals surface area contributed by atoms with Gasteiger partial charge in [-0.3, -0.25) is 4.79 Å². The number of aryl methyl sites for hydroxylation is 2. The van der Waals surface area contributed by atoms with Crippen LogP contribution in [0.1, 0.15) is 43.4 Å². The summed E-state index contributed by atoms with van der Waals surface area (Å²) in [7, 11) is 0. The lowest BCUT2D eigenvalue weighted by Gasteiger charge is -2.12.